The van der Waals surface area contributed by atoms with E-state index in [4.69, 9.17) is 5.73 Å². The molecule has 14 heavy (non-hydrogen) atoms. The number of hydrogen-bond donors (Lipinski definition) is 1. The van der Waals surface area contributed by atoms with E-state index in [-0.39, 0.29) is 5.56 Å². The molecule has 0 bridgehead atoms. The van der Waals surface area contributed by atoms with Gasteiger partial charge in [0.15, 0.2) is 0 Å². The van der Waals surface area contributed by atoms with Crippen molar-refractivity contribution in [1.29, 1.82) is 0 Å². The first-order valence-electron chi connectivity index (χ1n) is 3.96. The predicted molar refractivity (Wildman–Crippen MR) is 44.0 cm³/mol. The number of halogens is 4. The lowest BCUT2D eigenvalue weighted by Gasteiger charge is -2.14. The molecule has 1 aromatic carbocycles. The quantitative estimate of drug-likeness (QED) is 0.741. The van der Waals surface area contributed by atoms with Crippen LogP contribution in [0.3, 0.4) is 0 Å². The molecule has 0 fully saturated rings. The van der Waals surface area contributed by atoms with Crippen LogP contribution < -0.4 is 5.73 Å². The van der Waals surface area contributed by atoms with Gasteiger partial charge in [-0.05, 0) is 17.7 Å². The Morgan fingerprint density at radius 1 is 1.29 bits per heavy atom. The van der Waals surface area contributed by atoms with Gasteiger partial charge >= 0.3 is 6.18 Å². The zero-order chi connectivity index (χ0) is 10.8. The molecule has 0 heterocycles. The van der Waals surface area contributed by atoms with Crippen molar-refractivity contribution in [2.24, 2.45) is 5.73 Å². The highest BCUT2D eigenvalue weighted by atomic mass is 19.4. The molecular weight excluding hydrogens is 198 g/mol. The second-order valence-corrected chi connectivity index (χ2v) is 2.98. The van der Waals surface area contributed by atoms with Crippen molar-refractivity contribution in [2.75, 3.05) is 0 Å². The van der Waals surface area contributed by atoms with Crippen LogP contribution in [0, 0.1) is 5.82 Å². The molecule has 0 aromatic heterocycles. The Labute approximate surface area is 78.5 Å². The van der Waals surface area contributed by atoms with Gasteiger partial charge in [-0.15, -0.1) is 0 Å². The van der Waals surface area contributed by atoms with Crippen LogP contribution in [0.4, 0.5) is 17.6 Å². The average Bonchev–Trinajstić information content (AvgIpc) is 2.01. The molecular formula is C9H9F4N. The lowest BCUT2D eigenvalue weighted by Crippen LogP contribution is -2.20. The number of benzene rings is 1. The van der Waals surface area contributed by atoms with Crippen molar-refractivity contribution in [3.05, 3.63) is 35.6 Å². The first-order chi connectivity index (χ1) is 6.38. The minimum absolute atomic E-state index is 0.155. The van der Waals surface area contributed by atoms with Gasteiger partial charge in [-0.3, -0.25) is 0 Å². The molecule has 0 saturated heterocycles. The van der Waals surface area contributed by atoms with Gasteiger partial charge < -0.3 is 5.73 Å². The van der Waals surface area contributed by atoms with Crippen LogP contribution in [0.25, 0.3) is 0 Å². The zero-order valence-corrected chi connectivity index (χ0v) is 7.18. The summed E-state index contributed by atoms with van der Waals surface area (Å²) in [6, 6.07) is 3.67. The van der Waals surface area contributed by atoms with E-state index in [0.29, 0.717) is 0 Å². The Morgan fingerprint density at radius 2 is 1.93 bits per heavy atom. The highest BCUT2D eigenvalue weighted by molar-refractivity contribution is 5.19. The monoisotopic (exact) mass is 207 g/mol. The Morgan fingerprint density at radius 3 is 2.43 bits per heavy atom. The topological polar surface area (TPSA) is 26.0 Å². The molecule has 2 N–H and O–H groups in total. The van der Waals surface area contributed by atoms with Gasteiger partial charge in [-0.1, -0.05) is 12.1 Å². The largest absolute Gasteiger partial charge is 0.390 e. The number of alkyl halides is 3. The molecule has 1 atom stereocenters. The second kappa shape index (κ2) is 3.96. The van der Waals surface area contributed by atoms with Crippen LogP contribution in [0.5, 0.6) is 0 Å². The summed E-state index contributed by atoms with van der Waals surface area (Å²) in [5.41, 5.74) is 5.42. The molecule has 5 heteroatoms. The first kappa shape index (κ1) is 11.0. The van der Waals surface area contributed by atoms with Crippen LogP contribution in [0.1, 0.15) is 18.0 Å². The maximum atomic E-state index is 12.6. The van der Waals surface area contributed by atoms with E-state index in [9.17, 15) is 17.6 Å². The third-order valence-corrected chi connectivity index (χ3v) is 1.73. The molecule has 0 unspecified atom stereocenters. The van der Waals surface area contributed by atoms with Gasteiger partial charge in [0.1, 0.15) is 5.82 Å². The highest BCUT2D eigenvalue weighted by Gasteiger charge is 2.30. The minimum atomic E-state index is -4.33. The lowest BCUT2D eigenvalue weighted by atomic mass is 10.0. The van der Waals surface area contributed by atoms with E-state index < -0.39 is 24.5 Å². The molecule has 0 amide bonds. The molecule has 78 valence electrons. The van der Waals surface area contributed by atoms with Crippen LogP contribution in [0.2, 0.25) is 0 Å². The average molecular weight is 207 g/mol. The number of nitrogens with two attached hydrogens (primary N) is 1. The first-order valence-corrected chi connectivity index (χ1v) is 3.96. The smallest absolute Gasteiger partial charge is 0.324 e. The van der Waals surface area contributed by atoms with Gasteiger partial charge in [0.25, 0.3) is 0 Å². The van der Waals surface area contributed by atoms with Gasteiger partial charge in [-0.2, -0.15) is 13.2 Å². The van der Waals surface area contributed by atoms with Crippen molar-refractivity contribution >= 4 is 0 Å². The molecule has 0 aliphatic heterocycles. The summed E-state index contributed by atoms with van der Waals surface area (Å²) in [5, 5.41) is 0. The van der Waals surface area contributed by atoms with E-state index in [0.717, 1.165) is 12.1 Å². The van der Waals surface area contributed by atoms with Gasteiger partial charge in [0.2, 0.25) is 0 Å². The van der Waals surface area contributed by atoms with Crippen molar-refractivity contribution in [2.45, 2.75) is 18.6 Å². The molecule has 1 nitrogen and oxygen atoms in total. The fourth-order valence-corrected chi connectivity index (χ4v) is 1.10. The molecule has 0 aliphatic rings. The van der Waals surface area contributed by atoms with Gasteiger partial charge in [0, 0.05) is 6.04 Å². The molecule has 0 radical (unpaired) electrons. The Kier molecular flexibility index (Phi) is 3.10. The molecule has 0 spiro atoms. The number of hydrogen-bond acceptors (Lipinski definition) is 1. The maximum Gasteiger partial charge on any atom is 0.390 e. The Balaban J connectivity index is 2.74. The van der Waals surface area contributed by atoms with Crippen molar-refractivity contribution in [1.82, 2.24) is 0 Å². The molecule has 1 rings (SSSR count). The molecule has 0 aliphatic carbocycles. The third kappa shape index (κ3) is 3.33. The summed E-state index contributed by atoms with van der Waals surface area (Å²) in [4.78, 5) is 0. The Bertz CT molecular complexity index is 308. The van der Waals surface area contributed by atoms with Crippen LogP contribution in [-0.2, 0) is 0 Å². The maximum absolute atomic E-state index is 12.6. The summed E-state index contributed by atoms with van der Waals surface area (Å²) in [7, 11) is 0. The summed E-state index contributed by atoms with van der Waals surface area (Å²) in [6.45, 7) is 0. The highest BCUT2D eigenvalue weighted by Crippen LogP contribution is 2.27. The van der Waals surface area contributed by atoms with Crippen LogP contribution in [0.15, 0.2) is 24.3 Å². The van der Waals surface area contributed by atoms with Crippen molar-refractivity contribution in [3.63, 3.8) is 0 Å². The molecule has 0 saturated carbocycles. The summed E-state index contributed by atoms with van der Waals surface area (Å²) in [5.74, 6) is -0.583. The lowest BCUT2D eigenvalue weighted by molar-refractivity contribution is -0.138. The number of rotatable bonds is 2. The predicted octanol–water partition coefficient (Wildman–Crippen LogP) is 2.78. The van der Waals surface area contributed by atoms with E-state index in [1.807, 2.05) is 0 Å². The standard InChI is InChI=1S/C9H9F4N/c10-7-3-1-2-6(4-7)8(14)5-9(11,12)13/h1-4,8H,5,14H2/t8-/m0/s1. The zero-order valence-electron chi connectivity index (χ0n) is 7.18. The second-order valence-electron chi connectivity index (χ2n) is 2.98. The van der Waals surface area contributed by atoms with Crippen molar-refractivity contribution in [3.8, 4) is 0 Å². The summed E-state index contributed by atoms with van der Waals surface area (Å²) < 4.78 is 48.4. The third-order valence-electron chi connectivity index (χ3n) is 1.73. The van der Waals surface area contributed by atoms with Crippen LogP contribution >= 0.6 is 0 Å². The van der Waals surface area contributed by atoms with E-state index >= 15 is 0 Å². The van der Waals surface area contributed by atoms with Crippen LogP contribution in [-0.4, -0.2) is 6.18 Å². The summed E-state index contributed by atoms with van der Waals surface area (Å²) in [6.07, 6.45) is -5.47. The Hall–Kier alpha value is -1.10. The fraction of sp³-hybridized carbons (Fsp3) is 0.333. The summed E-state index contributed by atoms with van der Waals surface area (Å²) >= 11 is 0. The van der Waals surface area contributed by atoms with E-state index in [1.54, 1.807) is 0 Å². The molecule has 1 aromatic rings. The van der Waals surface area contributed by atoms with Gasteiger partial charge in [-0.25, -0.2) is 4.39 Å². The van der Waals surface area contributed by atoms with E-state index in [1.165, 1.54) is 12.1 Å². The van der Waals surface area contributed by atoms with Crippen molar-refractivity contribution < 1.29 is 17.6 Å². The van der Waals surface area contributed by atoms with E-state index in [2.05, 4.69) is 0 Å². The minimum Gasteiger partial charge on any atom is -0.324 e. The fourth-order valence-electron chi connectivity index (χ4n) is 1.10. The SMILES string of the molecule is N[C@@H](CC(F)(F)F)c1cccc(F)c1. The normalized spacial score (nSPS) is 14.1. The van der Waals surface area contributed by atoms with Gasteiger partial charge in [0.05, 0.1) is 6.42 Å².